The van der Waals surface area contributed by atoms with E-state index < -0.39 is 0 Å². The summed E-state index contributed by atoms with van der Waals surface area (Å²) < 4.78 is 16.2. The van der Waals surface area contributed by atoms with Gasteiger partial charge in [0.25, 0.3) is 0 Å². The largest absolute Gasteiger partial charge is 0.491 e. The highest BCUT2D eigenvalue weighted by Gasteiger charge is 2.22. The maximum Gasteiger partial charge on any atom is 0.196 e. The summed E-state index contributed by atoms with van der Waals surface area (Å²) in [6.45, 7) is 1.31. The van der Waals surface area contributed by atoms with Gasteiger partial charge in [-0.1, -0.05) is 24.3 Å². The summed E-state index contributed by atoms with van der Waals surface area (Å²) in [5, 5.41) is 0. The molecule has 0 N–H and O–H groups in total. The first kappa shape index (κ1) is 15.3. The Kier molecular flexibility index (Phi) is 4.74. The van der Waals surface area contributed by atoms with E-state index >= 15 is 0 Å². The van der Waals surface area contributed by atoms with E-state index in [0.29, 0.717) is 30.1 Å². The lowest BCUT2D eigenvalue weighted by atomic mass is 9.98. The number of ketones is 1. The van der Waals surface area contributed by atoms with Crippen molar-refractivity contribution in [1.29, 1.82) is 0 Å². The summed E-state index contributed by atoms with van der Waals surface area (Å²) in [6.07, 6.45) is 1.85. The maximum atomic E-state index is 12.5. The molecule has 0 amide bonds. The quantitative estimate of drug-likeness (QED) is 0.627. The van der Waals surface area contributed by atoms with Crippen molar-refractivity contribution < 1.29 is 19.0 Å². The van der Waals surface area contributed by atoms with Gasteiger partial charge in [-0.15, -0.1) is 0 Å². The highest BCUT2D eigenvalue weighted by molar-refractivity contribution is 6.14. The number of Topliss-reactive ketones (excluding diaryl/α,β-unsaturated/α-hetero) is 1. The standard InChI is InChI=1S/C19H18O4/c1-21-9-10-22-16-6-4-5-14(12-16)11-15-13-23-18-8-3-2-7-17(18)19(15)20/h2-8,11-12H,9-10,13H2,1H3/b15-11-. The second-order valence-electron chi connectivity index (χ2n) is 5.20. The third kappa shape index (κ3) is 3.60. The van der Waals surface area contributed by atoms with Gasteiger partial charge in [0.15, 0.2) is 5.78 Å². The number of carbonyl (C=O) groups excluding carboxylic acids is 1. The lowest BCUT2D eigenvalue weighted by Gasteiger charge is -2.18. The second kappa shape index (κ2) is 7.11. The van der Waals surface area contributed by atoms with Crippen LogP contribution in [-0.4, -0.2) is 32.7 Å². The number of methoxy groups -OCH3 is 1. The molecule has 118 valence electrons. The Labute approximate surface area is 135 Å². The fourth-order valence-corrected chi connectivity index (χ4v) is 2.42. The van der Waals surface area contributed by atoms with E-state index in [2.05, 4.69) is 0 Å². The zero-order valence-electron chi connectivity index (χ0n) is 13.0. The van der Waals surface area contributed by atoms with Gasteiger partial charge in [-0.2, -0.15) is 0 Å². The molecule has 23 heavy (non-hydrogen) atoms. The summed E-state index contributed by atoms with van der Waals surface area (Å²) in [5.41, 5.74) is 2.15. The van der Waals surface area contributed by atoms with E-state index in [-0.39, 0.29) is 12.4 Å². The number of para-hydroxylation sites is 1. The van der Waals surface area contributed by atoms with Gasteiger partial charge in [0.1, 0.15) is 24.7 Å². The van der Waals surface area contributed by atoms with Crippen LogP contribution in [0.4, 0.5) is 0 Å². The Morgan fingerprint density at radius 2 is 2.00 bits per heavy atom. The van der Waals surface area contributed by atoms with Crippen molar-refractivity contribution in [2.45, 2.75) is 0 Å². The molecule has 0 unspecified atom stereocenters. The van der Waals surface area contributed by atoms with Crippen LogP contribution in [0.5, 0.6) is 11.5 Å². The van der Waals surface area contributed by atoms with Gasteiger partial charge >= 0.3 is 0 Å². The molecular formula is C19H18O4. The number of hydrogen-bond donors (Lipinski definition) is 0. The van der Waals surface area contributed by atoms with Crippen LogP contribution in [0.2, 0.25) is 0 Å². The van der Waals surface area contributed by atoms with Crippen molar-refractivity contribution in [2.75, 3.05) is 26.9 Å². The molecule has 1 heterocycles. The number of fused-ring (bicyclic) bond motifs is 1. The molecule has 2 aromatic carbocycles. The fourth-order valence-electron chi connectivity index (χ4n) is 2.42. The molecular weight excluding hydrogens is 292 g/mol. The molecule has 1 aliphatic heterocycles. The van der Waals surface area contributed by atoms with Crippen LogP contribution in [0.25, 0.3) is 6.08 Å². The van der Waals surface area contributed by atoms with Crippen LogP contribution >= 0.6 is 0 Å². The zero-order valence-corrected chi connectivity index (χ0v) is 13.0. The Bertz CT molecular complexity index is 734. The molecule has 0 fully saturated rings. The summed E-state index contributed by atoms with van der Waals surface area (Å²) in [4.78, 5) is 12.5. The van der Waals surface area contributed by atoms with E-state index in [0.717, 1.165) is 11.3 Å². The van der Waals surface area contributed by atoms with Crippen LogP contribution in [0, 0.1) is 0 Å². The molecule has 0 radical (unpaired) electrons. The monoisotopic (exact) mass is 310 g/mol. The third-order valence-electron chi connectivity index (χ3n) is 3.56. The minimum absolute atomic E-state index is 0.0116. The molecule has 3 rings (SSSR count). The third-order valence-corrected chi connectivity index (χ3v) is 3.56. The summed E-state index contributed by atoms with van der Waals surface area (Å²) in [6, 6.07) is 14.9. The molecule has 0 atom stereocenters. The van der Waals surface area contributed by atoms with Crippen molar-refractivity contribution in [3.8, 4) is 11.5 Å². The Balaban J connectivity index is 1.80. The van der Waals surface area contributed by atoms with Gasteiger partial charge in [-0.05, 0) is 35.9 Å². The van der Waals surface area contributed by atoms with Gasteiger partial charge in [0, 0.05) is 12.7 Å². The van der Waals surface area contributed by atoms with E-state index in [4.69, 9.17) is 14.2 Å². The molecule has 0 saturated carbocycles. The molecule has 0 bridgehead atoms. The van der Waals surface area contributed by atoms with Crippen LogP contribution < -0.4 is 9.47 Å². The summed E-state index contributed by atoms with van der Waals surface area (Å²) in [5.74, 6) is 1.41. The van der Waals surface area contributed by atoms with E-state index in [1.54, 1.807) is 13.2 Å². The van der Waals surface area contributed by atoms with E-state index in [1.807, 2.05) is 48.5 Å². The number of hydrogen-bond acceptors (Lipinski definition) is 4. The number of benzene rings is 2. The minimum atomic E-state index is 0.0116. The number of rotatable bonds is 5. The normalized spacial score (nSPS) is 15.2. The van der Waals surface area contributed by atoms with Crippen molar-refractivity contribution in [3.63, 3.8) is 0 Å². The molecule has 0 spiro atoms. The van der Waals surface area contributed by atoms with Crippen molar-refractivity contribution in [1.82, 2.24) is 0 Å². The molecule has 0 aliphatic carbocycles. The SMILES string of the molecule is COCCOc1cccc(/C=C2/COc3ccccc3C2=O)c1. The Hall–Kier alpha value is -2.59. The number of ether oxygens (including phenoxy) is 3. The lowest BCUT2D eigenvalue weighted by molar-refractivity contribution is 0.100. The average Bonchev–Trinajstić information content (AvgIpc) is 2.58. The van der Waals surface area contributed by atoms with Gasteiger partial charge < -0.3 is 14.2 Å². The summed E-state index contributed by atoms with van der Waals surface area (Å²) >= 11 is 0. The zero-order chi connectivity index (χ0) is 16.1. The van der Waals surface area contributed by atoms with Crippen molar-refractivity contribution >= 4 is 11.9 Å². The predicted molar refractivity (Wildman–Crippen MR) is 88.1 cm³/mol. The van der Waals surface area contributed by atoms with Crippen molar-refractivity contribution in [2.24, 2.45) is 0 Å². The van der Waals surface area contributed by atoms with Gasteiger partial charge in [0.2, 0.25) is 0 Å². The molecule has 0 aromatic heterocycles. The highest BCUT2D eigenvalue weighted by Crippen LogP contribution is 2.28. The fraction of sp³-hybridized carbons (Fsp3) is 0.211. The minimum Gasteiger partial charge on any atom is -0.491 e. The molecule has 1 aliphatic rings. The van der Waals surface area contributed by atoms with Gasteiger partial charge in [-0.25, -0.2) is 0 Å². The van der Waals surface area contributed by atoms with Crippen LogP contribution in [0.3, 0.4) is 0 Å². The van der Waals surface area contributed by atoms with Crippen molar-refractivity contribution in [3.05, 3.63) is 65.2 Å². The lowest BCUT2D eigenvalue weighted by Crippen LogP contribution is -2.18. The first-order valence-corrected chi connectivity index (χ1v) is 7.47. The van der Waals surface area contributed by atoms with Crippen LogP contribution in [0.1, 0.15) is 15.9 Å². The number of carbonyl (C=O) groups is 1. The average molecular weight is 310 g/mol. The Morgan fingerprint density at radius 3 is 2.87 bits per heavy atom. The highest BCUT2D eigenvalue weighted by atomic mass is 16.5. The topological polar surface area (TPSA) is 44.8 Å². The van der Waals surface area contributed by atoms with Gasteiger partial charge in [0.05, 0.1) is 12.2 Å². The molecule has 4 heteroatoms. The maximum absolute atomic E-state index is 12.5. The predicted octanol–water partition coefficient (Wildman–Crippen LogP) is 3.37. The van der Waals surface area contributed by atoms with Crippen LogP contribution in [-0.2, 0) is 4.74 Å². The van der Waals surface area contributed by atoms with E-state index in [9.17, 15) is 4.79 Å². The first-order valence-electron chi connectivity index (χ1n) is 7.47. The molecule has 4 nitrogen and oxygen atoms in total. The molecule has 2 aromatic rings. The summed E-state index contributed by atoms with van der Waals surface area (Å²) in [7, 11) is 1.64. The van der Waals surface area contributed by atoms with Gasteiger partial charge in [-0.3, -0.25) is 4.79 Å². The first-order chi connectivity index (χ1) is 11.3. The smallest absolute Gasteiger partial charge is 0.196 e. The molecule has 0 saturated heterocycles. The Morgan fingerprint density at radius 1 is 1.13 bits per heavy atom. The van der Waals surface area contributed by atoms with Crippen LogP contribution in [0.15, 0.2) is 54.1 Å². The second-order valence-corrected chi connectivity index (χ2v) is 5.20. The van der Waals surface area contributed by atoms with E-state index in [1.165, 1.54) is 0 Å².